The van der Waals surface area contributed by atoms with E-state index in [0.29, 0.717) is 5.71 Å². The number of methoxy groups -OCH3 is 1. The van der Waals surface area contributed by atoms with E-state index in [1.54, 1.807) is 18.2 Å². The number of rotatable bonds is 3. The number of fused-ring (bicyclic) bond motifs is 1. The van der Waals surface area contributed by atoms with Crippen molar-refractivity contribution in [3.63, 3.8) is 0 Å². The molecule has 0 spiro atoms. The summed E-state index contributed by atoms with van der Waals surface area (Å²) in [5.41, 5.74) is 2.37. The monoisotopic (exact) mass is 274 g/mol. The predicted molar refractivity (Wildman–Crippen MR) is 76.1 cm³/mol. The first kappa shape index (κ1) is 14.4. The van der Waals surface area contributed by atoms with Gasteiger partial charge in [-0.3, -0.25) is 9.59 Å². The molecule has 0 bridgehead atoms. The number of nitrogens with one attached hydrogen (secondary N) is 1. The van der Waals surface area contributed by atoms with Gasteiger partial charge in [0.05, 0.1) is 5.71 Å². The van der Waals surface area contributed by atoms with Gasteiger partial charge in [0.15, 0.2) is 0 Å². The van der Waals surface area contributed by atoms with Crippen molar-refractivity contribution in [3.05, 3.63) is 35.6 Å². The molecule has 1 atom stereocenters. The summed E-state index contributed by atoms with van der Waals surface area (Å²) in [4.78, 5) is 27.0. The molecule has 0 aromatic carbocycles. The van der Waals surface area contributed by atoms with E-state index >= 15 is 0 Å². The largest absolute Gasteiger partial charge is 0.375 e. The Balaban J connectivity index is 2.27. The second kappa shape index (κ2) is 5.96. The number of carbonyl (C=O) groups is 2. The van der Waals surface area contributed by atoms with E-state index in [9.17, 15) is 9.59 Å². The van der Waals surface area contributed by atoms with E-state index in [1.165, 1.54) is 7.11 Å². The molecule has 0 aromatic rings. The van der Waals surface area contributed by atoms with Gasteiger partial charge in [-0.2, -0.15) is 0 Å². The Hall–Kier alpha value is -2.01. The molecule has 0 aromatic heterocycles. The second-order valence-corrected chi connectivity index (χ2v) is 5.09. The highest BCUT2D eigenvalue weighted by Crippen LogP contribution is 2.31. The molecule has 1 aliphatic heterocycles. The lowest BCUT2D eigenvalue weighted by atomic mass is 9.82. The summed E-state index contributed by atoms with van der Waals surface area (Å²) < 4.78 is 4.74. The number of hydrogen-bond donors (Lipinski definition) is 1. The van der Waals surface area contributed by atoms with Gasteiger partial charge in [0.25, 0.3) is 5.91 Å². The molecule has 20 heavy (non-hydrogen) atoms. The Bertz CT molecular complexity index is 553. The lowest BCUT2D eigenvalue weighted by Gasteiger charge is -2.29. The van der Waals surface area contributed by atoms with E-state index in [4.69, 9.17) is 4.74 Å². The van der Waals surface area contributed by atoms with Crippen LogP contribution in [-0.4, -0.2) is 31.2 Å². The molecule has 2 amide bonds. The molecule has 5 nitrogen and oxygen atoms in total. The van der Waals surface area contributed by atoms with Crippen molar-refractivity contribution in [1.29, 1.82) is 0 Å². The van der Waals surface area contributed by atoms with Crippen LogP contribution >= 0.6 is 0 Å². The average Bonchev–Trinajstić information content (AvgIpc) is 2.37. The lowest BCUT2D eigenvalue weighted by molar-refractivity contribution is -0.121. The molecule has 5 heteroatoms. The van der Waals surface area contributed by atoms with Crippen LogP contribution in [-0.2, 0) is 14.3 Å². The summed E-state index contributed by atoms with van der Waals surface area (Å²) in [5, 5.41) is 2.81. The highest BCUT2D eigenvalue weighted by atomic mass is 16.5. The zero-order valence-electron chi connectivity index (χ0n) is 11.8. The van der Waals surface area contributed by atoms with Crippen molar-refractivity contribution in [3.8, 4) is 0 Å². The third kappa shape index (κ3) is 3.11. The topological polar surface area (TPSA) is 67.8 Å². The van der Waals surface area contributed by atoms with E-state index in [2.05, 4.69) is 24.2 Å². The Labute approximate surface area is 118 Å². The second-order valence-electron chi connectivity index (χ2n) is 5.09. The fourth-order valence-electron chi connectivity index (χ4n) is 2.31. The maximum atomic E-state index is 11.7. The Kier molecular flexibility index (Phi) is 4.29. The average molecular weight is 274 g/mol. The van der Waals surface area contributed by atoms with Crippen LogP contribution in [0, 0.1) is 11.8 Å². The van der Waals surface area contributed by atoms with Crippen molar-refractivity contribution in [2.75, 3.05) is 13.7 Å². The Morgan fingerprint density at radius 3 is 2.85 bits per heavy atom. The lowest BCUT2D eigenvalue weighted by Crippen LogP contribution is -2.34. The van der Waals surface area contributed by atoms with Crippen molar-refractivity contribution in [2.45, 2.75) is 13.8 Å². The first-order valence-corrected chi connectivity index (χ1v) is 6.54. The smallest absolute Gasteiger partial charge is 0.272 e. The van der Waals surface area contributed by atoms with Crippen LogP contribution in [0.15, 0.2) is 40.6 Å². The molecule has 0 radical (unpaired) electrons. The quantitative estimate of drug-likeness (QED) is 0.845. The van der Waals surface area contributed by atoms with Crippen LogP contribution < -0.4 is 5.32 Å². The molecular weight excluding hydrogens is 256 g/mol. The highest BCUT2D eigenvalue weighted by Gasteiger charge is 2.27. The summed E-state index contributed by atoms with van der Waals surface area (Å²) in [6, 6.07) is 0. The number of aliphatic imine (C=N–C) groups is 1. The molecule has 2 rings (SSSR count). The van der Waals surface area contributed by atoms with Crippen LogP contribution in [0.2, 0.25) is 0 Å². The molecule has 1 aliphatic carbocycles. The minimum Gasteiger partial charge on any atom is -0.375 e. The van der Waals surface area contributed by atoms with Gasteiger partial charge >= 0.3 is 0 Å². The fourth-order valence-corrected chi connectivity index (χ4v) is 2.31. The van der Waals surface area contributed by atoms with Gasteiger partial charge in [0.1, 0.15) is 6.61 Å². The summed E-state index contributed by atoms with van der Waals surface area (Å²) in [7, 11) is 1.45. The van der Waals surface area contributed by atoms with Gasteiger partial charge in [-0.05, 0) is 23.6 Å². The summed E-state index contributed by atoms with van der Waals surface area (Å²) in [6.07, 6.45) is 7.15. The first-order valence-electron chi connectivity index (χ1n) is 6.54. The molecular formula is C15H18N2O3. The van der Waals surface area contributed by atoms with Gasteiger partial charge in [-0.1, -0.05) is 19.9 Å². The van der Waals surface area contributed by atoms with Crippen LogP contribution in [0.1, 0.15) is 13.8 Å². The number of ether oxygens (including phenoxy) is 1. The zero-order chi connectivity index (χ0) is 14.7. The van der Waals surface area contributed by atoms with Crippen LogP contribution in [0.25, 0.3) is 0 Å². The maximum Gasteiger partial charge on any atom is 0.272 e. The molecule has 1 unspecified atom stereocenters. The van der Waals surface area contributed by atoms with E-state index in [-0.39, 0.29) is 30.3 Å². The number of amides is 2. The minimum absolute atomic E-state index is 0.0482. The van der Waals surface area contributed by atoms with Crippen molar-refractivity contribution >= 4 is 17.5 Å². The van der Waals surface area contributed by atoms with Crippen LogP contribution in [0.5, 0.6) is 0 Å². The molecule has 1 N–H and O–H groups in total. The van der Waals surface area contributed by atoms with Crippen LogP contribution in [0.3, 0.4) is 0 Å². The first-order chi connectivity index (χ1) is 9.51. The summed E-state index contributed by atoms with van der Waals surface area (Å²) in [5.74, 6) is -0.129. The predicted octanol–water partition coefficient (Wildman–Crippen LogP) is 1.38. The van der Waals surface area contributed by atoms with E-state index in [0.717, 1.165) is 11.3 Å². The van der Waals surface area contributed by atoms with E-state index < -0.39 is 0 Å². The van der Waals surface area contributed by atoms with Gasteiger partial charge in [0.2, 0.25) is 5.91 Å². The molecule has 0 fully saturated rings. The van der Waals surface area contributed by atoms with Crippen LogP contribution in [0.4, 0.5) is 0 Å². The number of carbonyl (C=O) groups excluding carboxylic acids is 2. The molecule has 1 heterocycles. The Morgan fingerprint density at radius 2 is 2.20 bits per heavy atom. The third-order valence-corrected chi connectivity index (χ3v) is 3.21. The van der Waals surface area contributed by atoms with Crippen molar-refractivity contribution < 1.29 is 14.3 Å². The van der Waals surface area contributed by atoms with E-state index in [1.807, 2.05) is 6.08 Å². The SMILES string of the molecule is COCC(=O)N=C1C=CC2C(=C1)NC(=O)C=C2C(C)C. The minimum atomic E-state index is -0.343. The third-order valence-electron chi connectivity index (χ3n) is 3.21. The highest BCUT2D eigenvalue weighted by molar-refractivity contribution is 6.11. The van der Waals surface area contributed by atoms with Crippen molar-refractivity contribution in [1.82, 2.24) is 5.32 Å². The summed E-state index contributed by atoms with van der Waals surface area (Å²) in [6.45, 7) is 4.07. The standard InChI is InChI=1S/C15H18N2O3/c1-9(2)12-7-14(18)17-13-6-10(4-5-11(12)13)16-15(19)8-20-3/h4-7,9,11H,8H2,1-3H3,(H,17,18). The molecule has 106 valence electrons. The van der Waals surface area contributed by atoms with Gasteiger partial charge in [-0.25, -0.2) is 4.99 Å². The fraction of sp³-hybridized carbons (Fsp3) is 0.400. The Morgan fingerprint density at radius 1 is 1.45 bits per heavy atom. The maximum absolute atomic E-state index is 11.7. The van der Waals surface area contributed by atoms with Gasteiger partial charge < -0.3 is 10.1 Å². The number of hydrogen-bond acceptors (Lipinski definition) is 3. The zero-order valence-corrected chi connectivity index (χ0v) is 11.8. The van der Waals surface area contributed by atoms with Gasteiger partial charge in [-0.15, -0.1) is 0 Å². The van der Waals surface area contributed by atoms with Gasteiger partial charge in [0, 0.05) is 24.8 Å². The molecule has 0 saturated carbocycles. The molecule has 2 aliphatic rings. The number of allylic oxidation sites excluding steroid dienone is 3. The summed E-state index contributed by atoms with van der Waals surface area (Å²) >= 11 is 0. The number of nitrogens with zero attached hydrogens (tertiary/aromatic N) is 1. The molecule has 0 saturated heterocycles. The normalized spacial score (nSPS) is 23.3. The van der Waals surface area contributed by atoms with Crippen molar-refractivity contribution in [2.24, 2.45) is 16.8 Å².